The first-order chi connectivity index (χ1) is 18.5. The normalized spacial score (nSPS) is 15.8. The van der Waals surface area contributed by atoms with Crippen molar-refractivity contribution in [1.82, 2.24) is 25.3 Å². The lowest BCUT2D eigenvalue weighted by molar-refractivity contribution is -0.126. The number of aromatic nitrogens is 4. The Bertz CT molecular complexity index is 1630. The maximum Gasteiger partial charge on any atom is 0.246 e. The minimum atomic E-state index is -0.0405. The number of hydrogen-bond acceptors (Lipinski definition) is 5. The number of piperazine rings is 1. The van der Waals surface area contributed by atoms with E-state index in [1.54, 1.807) is 0 Å². The molecule has 192 valence electrons. The molecule has 0 saturated carbocycles. The van der Waals surface area contributed by atoms with Gasteiger partial charge in [0.25, 0.3) is 0 Å². The minimum absolute atomic E-state index is 0.0405. The number of allylic oxidation sites excluding steroid dienone is 4. The van der Waals surface area contributed by atoms with Crippen LogP contribution in [-0.4, -0.2) is 57.4 Å². The number of fused-ring (bicyclic) bond motifs is 2. The van der Waals surface area contributed by atoms with Gasteiger partial charge in [0.1, 0.15) is 0 Å². The second-order valence-corrected chi connectivity index (χ2v) is 10.3. The lowest BCUT2D eigenvalue weighted by Crippen LogP contribution is -2.48. The summed E-state index contributed by atoms with van der Waals surface area (Å²) in [6.45, 7) is 8.28. The highest BCUT2D eigenvalue weighted by Crippen LogP contribution is 2.40. The van der Waals surface area contributed by atoms with Gasteiger partial charge in [0, 0.05) is 59.3 Å². The molecule has 3 heterocycles. The summed E-state index contributed by atoms with van der Waals surface area (Å²) in [6, 6.07) is 8.34. The number of nitrogens with zero attached hydrogens (tertiary/aromatic N) is 5. The number of carbonyl (C=O) groups excluding carboxylic acids is 1. The van der Waals surface area contributed by atoms with Crippen molar-refractivity contribution in [2.45, 2.75) is 26.2 Å². The topological polar surface area (TPSA) is 78.0 Å². The quantitative estimate of drug-likeness (QED) is 0.334. The van der Waals surface area contributed by atoms with Gasteiger partial charge in [-0.15, -0.1) is 5.10 Å². The zero-order valence-electron chi connectivity index (χ0n) is 21.4. The fourth-order valence-corrected chi connectivity index (χ4v) is 5.77. The van der Waals surface area contributed by atoms with E-state index in [2.05, 4.69) is 59.0 Å². The van der Waals surface area contributed by atoms with Crippen molar-refractivity contribution < 1.29 is 4.79 Å². The van der Waals surface area contributed by atoms with Crippen LogP contribution in [0.3, 0.4) is 0 Å². The van der Waals surface area contributed by atoms with E-state index in [0.29, 0.717) is 37.6 Å². The average Bonchev–Trinajstić information content (AvgIpc) is 3.42. The van der Waals surface area contributed by atoms with E-state index in [4.69, 9.17) is 21.8 Å². The number of benzene rings is 2. The molecule has 0 unspecified atom stereocenters. The average molecular weight is 525 g/mol. The molecule has 1 N–H and O–H groups in total. The van der Waals surface area contributed by atoms with Crippen LogP contribution in [-0.2, 0) is 11.2 Å². The molecule has 2 aliphatic rings. The number of halogens is 1. The first kappa shape index (κ1) is 24.4. The van der Waals surface area contributed by atoms with Crippen molar-refractivity contribution in [1.29, 1.82) is 0 Å². The van der Waals surface area contributed by atoms with Gasteiger partial charge in [0.2, 0.25) is 5.91 Å². The third-order valence-electron chi connectivity index (χ3n) is 7.54. The molecule has 7 nitrogen and oxygen atoms in total. The maximum atomic E-state index is 12.1. The third kappa shape index (κ3) is 4.37. The number of nitrogens with one attached hydrogen (secondary N) is 1. The molecular formula is C30H29ClN6O. The van der Waals surface area contributed by atoms with Gasteiger partial charge in [-0.1, -0.05) is 42.5 Å². The molecule has 0 atom stereocenters. The lowest BCUT2D eigenvalue weighted by Gasteiger charge is -2.35. The molecule has 1 aliphatic carbocycles. The summed E-state index contributed by atoms with van der Waals surface area (Å²) < 4.78 is 0. The summed E-state index contributed by atoms with van der Waals surface area (Å²) >= 11 is 7.03. The number of hydrogen-bond donors (Lipinski definition) is 1. The summed E-state index contributed by atoms with van der Waals surface area (Å²) in [4.78, 5) is 16.1. The Labute approximate surface area is 226 Å². The standard InChI is InChI=1S/C30H29ClN6O/c1-3-28(38)36-11-13-37(14-12-36)30-22-17-25(31)23(29-19(2)9-10-26-24(29)18-32-33-26)16-21(22)27(34-35-30)15-20-7-5-4-6-8-20/h3,5,7-10,16-18H,1,4,6,11-15H2,2H3,(H,32,33). The molecule has 0 radical (unpaired) electrons. The van der Waals surface area contributed by atoms with Gasteiger partial charge in [0.15, 0.2) is 5.82 Å². The molecule has 2 aromatic heterocycles. The number of rotatable bonds is 5. The van der Waals surface area contributed by atoms with Crippen molar-refractivity contribution in [3.63, 3.8) is 0 Å². The molecule has 1 amide bonds. The molecule has 8 heteroatoms. The number of aryl methyl sites for hydroxylation is 1. The van der Waals surface area contributed by atoms with E-state index in [-0.39, 0.29) is 5.91 Å². The van der Waals surface area contributed by atoms with Crippen LogP contribution in [0.4, 0.5) is 5.82 Å². The molecule has 38 heavy (non-hydrogen) atoms. The molecule has 0 spiro atoms. The van der Waals surface area contributed by atoms with Crippen LogP contribution in [0, 0.1) is 6.92 Å². The first-order valence-electron chi connectivity index (χ1n) is 13.0. The second-order valence-electron chi connectivity index (χ2n) is 9.89. The molecule has 1 aliphatic heterocycles. The SMILES string of the molecule is C=CC(=O)N1CCN(c2nnc(CC3=CCCC=C3)c3cc(-c4c(C)ccc5[nH]ncc45)c(Cl)cc23)CC1. The van der Waals surface area contributed by atoms with Crippen LogP contribution in [0.2, 0.25) is 5.02 Å². The Balaban J connectivity index is 1.49. The molecule has 0 bridgehead atoms. The van der Waals surface area contributed by atoms with Gasteiger partial charge in [0.05, 0.1) is 17.4 Å². The fourth-order valence-electron chi connectivity index (χ4n) is 5.51. The summed E-state index contributed by atoms with van der Waals surface area (Å²) in [5.41, 5.74) is 6.31. The number of H-pyrrole nitrogens is 1. The van der Waals surface area contributed by atoms with E-state index in [0.717, 1.165) is 62.7 Å². The van der Waals surface area contributed by atoms with Gasteiger partial charge in [-0.2, -0.15) is 10.2 Å². The Morgan fingerprint density at radius 2 is 1.95 bits per heavy atom. The van der Waals surface area contributed by atoms with Crippen LogP contribution in [0.5, 0.6) is 0 Å². The number of anilines is 1. The predicted octanol–water partition coefficient (Wildman–Crippen LogP) is 5.79. The van der Waals surface area contributed by atoms with Crippen LogP contribution in [0.25, 0.3) is 32.8 Å². The smallest absolute Gasteiger partial charge is 0.246 e. The minimum Gasteiger partial charge on any atom is -0.351 e. The predicted molar refractivity (Wildman–Crippen MR) is 154 cm³/mol. The zero-order valence-corrected chi connectivity index (χ0v) is 22.1. The summed E-state index contributed by atoms with van der Waals surface area (Å²) in [5, 5.41) is 20.5. The summed E-state index contributed by atoms with van der Waals surface area (Å²) in [6.07, 6.45) is 12.7. The highest BCUT2D eigenvalue weighted by molar-refractivity contribution is 6.35. The van der Waals surface area contributed by atoms with Crippen LogP contribution in [0.1, 0.15) is 24.1 Å². The van der Waals surface area contributed by atoms with Gasteiger partial charge in [-0.05, 0) is 60.7 Å². The molecule has 1 fully saturated rings. The van der Waals surface area contributed by atoms with E-state index < -0.39 is 0 Å². The summed E-state index contributed by atoms with van der Waals surface area (Å²) in [5.74, 6) is 0.760. The number of aromatic amines is 1. The number of carbonyl (C=O) groups is 1. The van der Waals surface area contributed by atoms with Crippen molar-refractivity contribution in [3.8, 4) is 11.1 Å². The van der Waals surface area contributed by atoms with E-state index in [1.165, 1.54) is 11.6 Å². The molecule has 4 aromatic rings. The van der Waals surface area contributed by atoms with Crippen LogP contribution in [0.15, 0.2) is 66.9 Å². The van der Waals surface area contributed by atoms with Gasteiger partial charge in [-0.3, -0.25) is 9.89 Å². The molecule has 2 aromatic carbocycles. The van der Waals surface area contributed by atoms with Crippen molar-refractivity contribution in [2.24, 2.45) is 0 Å². The highest BCUT2D eigenvalue weighted by Gasteiger charge is 2.24. The van der Waals surface area contributed by atoms with Crippen molar-refractivity contribution >= 4 is 45.0 Å². The summed E-state index contributed by atoms with van der Waals surface area (Å²) in [7, 11) is 0. The lowest BCUT2D eigenvalue weighted by atomic mass is 9.93. The van der Waals surface area contributed by atoms with Gasteiger partial charge in [-0.25, -0.2) is 0 Å². The van der Waals surface area contributed by atoms with Crippen LogP contribution < -0.4 is 4.90 Å². The Morgan fingerprint density at radius 3 is 2.71 bits per heavy atom. The molecule has 1 saturated heterocycles. The zero-order chi connectivity index (χ0) is 26.2. The van der Waals surface area contributed by atoms with Crippen molar-refractivity contribution in [2.75, 3.05) is 31.1 Å². The Kier molecular flexibility index (Phi) is 6.45. The van der Waals surface area contributed by atoms with Gasteiger partial charge >= 0.3 is 0 Å². The largest absolute Gasteiger partial charge is 0.351 e. The van der Waals surface area contributed by atoms with Gasteiger partial charge < -0.3 is 9.80 Å². The molecule has 6 rings (SSSR count). The fraction of sp³-hybridized carbons (Fsp3) is 0.267. The van der Waals surface area contributed by atoms with E-state index in [9.17, 15) is 4.79 Å². The Hall–Kier alpha value is -3.97. The van der Waals surface area contributed by atoms with E-state index >= 15 is 0 Å². The first-order valence-corrected chi connectivity index (χ1v) is 13.3. The van der Waals surface area contributed by atoms with E-state index in [1.807, 2.05) is 23.2 Å². The molecular weight excluding hydrogens is 496 g/mol. The second kappa shape index (κ2) is 10.1. The number of amides is 1. The van der Waals surface area contributed by atoms with Crippen molar-refractivity contribution in [3.05, 3.63) is 83.2 Å². The third-order valence-corrected chi connectivity index (χ3v) is 7.85. The maximum absolute atomic E-state index is 12.1. The highest BCUT2D eigenvalue weighted by atomic mass is 35.5. The monoisotopic (exact) mass is 524 g/mol. The van der Waals surface area contributed by atoms with Crippen LogP contribution >= 0.6 is 11.6 Å². The Morgan fingerprint density at radius 1 is 1.11 bits per heavy atom.